The molecule has 5 rings (SSSR count). The number of morpholine rings is 1. The van der Waals surface area contributed by atoms with Crippen molar-refractivity contribution >= 4 is 40.7 Å². The lowest BCUT2D eigenvalue weighted by atomic mass is 10.2. The summed E-state index contributed by atoms with van der Waals surface area (Å²) in [6.45, 7) is 6.19. The molecule has 2 aliphatic rings. The number of carbonyl (C=O) groups is 1. The fourth-order valence-corrected chi connectivity index (χ4v) is 4.80. The highest BCUT2D eigenvalue weighted by Crippen LogP contribution is 2.26. The highest BCUT2D eigenvalue weighted by molar-refractivity contribution is 7.98. The molecule has 0 aliphatic carbocycles. The summed E-state index contributed by atoms with van der Waals surface area (Å²) in [5, 5.41) is 4.16. The van der Waals surface area contributed by atoms with E-state index in [0.717, 1.165) is 67.4 Å². The molecule has 0 radical (unpaired) electrons. The number of benzene rings is 1. The molecule has 0 unspecified atom stereocenters. The van der Waals surface area contributed by atoms with Crippen LogP contribution in [0.4, 0.5) is 23.0 Å². The Hall–Kier alpha value is -3.37. The number of anilines is 4. The smallest absolute Gasteiger partial charge is 0.227 e. The van der Waals surface area contributed by atoms with Crippen LogP contribution in [0.5, 0.6) is 0 Å². The topological polar surface area (TPSA) is 86.7 Å². The fourth-order valence-electron chi connectivity index (χ4n) is 4.43. The van der Waals surface area contributed by atoms with Gasteiger partial charge in [-0.3, -0.25) is 9.78 Å². The Labute approximate surface area is 215 Å². The third-order valence-electron chi connectivity index (χ3n) is 6.43. The summed E-state index contributed by atoms with van der Waals surface area (Å²) in [4.78, 5) is 32.7. The molecule has 2 aromatic heterocycles. The second kappa shape index (κ2) is 11.6. The van der Waals surface area contributed by atoms with Crippen LogP contribution in [-0.4, -0.2) is 84.5 Å². The molecule has 10 heteroatoms. The Balaban J connectivity index is 1.21. The molecule has 2 fully saturated rings. The van der Waals surface area contributed by atoms with Gasteiger partial charge in [0.1, 0.15) is 11.6 Å². The van der Waals surface area contributed by atoms with Crippen LogP contribution in [0.1, 0.15) is 5.56 Å². The molecule has 0 bridgehead atoms. The zero-order valence-electron chi connectivity index (χ0n) is 20.5. The predicted molar refractivity (Wildman–Crippen MR) is 143 cm³/mol. The molecule has 0 atom stereocenters. The van der Waals surface area contributed by atoms with Crippen LogP contribution in [-0.2, 0) is 16.0 Å². The first-order valence-corrected chi connectivity index (χ1v) is 13.4. The number of nitrogens with zero attached hydrogens (tertiary/aromatic N) is 6. The van der Waals surface area contributed by atoms with E-state index in [4.69, 9.17) is 9.72 Å². The highest BCUT2D eigenvalue weighted by Gasteiger charge is 2.23. The maximum atomic E-state index is 12.7. The summed E-state index contributed by atoms with van der Waals surface area (Å²) in [5.74, 6) is 1.78. The number of ether oxygens (including phenoxy) is 1. The first-order chi connectivity index (χ1) is 17.7. The molecular weight excluding hydrogens is 474 g/mol. The van der Waals surface area contributed by atoms with Gasteiger partial charge in [-0.05, 0) is 42.2 Å². The summed E-state index contributed by atoms with van der Waals surface area (Å²) >= 11 is 1.52. The Morgan fingerprint density at radius 3 is 2.47 bits per heavy atom. The number of nitrogens with one attached hydrogen (secondary N) is 1. The van der Waals surface area contributed by atoms with E-state index in [-0.39, 0.29) is 5.91 Å². The first kappa shape index (κ1) is 24.3. The molecule has 1 amide bonds. The van der Waals surface area contributed by atoms with Crippen LogP contribution < -0.4 is 15.1 Å². The lowest BCUT2D eigenvalue weighted by molar-refractivity contribution is -0.130. The van der Waals surface area contributed by atoms with Gasteiger partial charge in [0.15, 0.2) is 5.16 Å². The molecule has 36 heavy (non-hydrogen) atoms. The third-order valence-corrected chi connectivity index (χ3v) is 6.97. The number of rotatable bonds is 7. The van der Waals surface area contributed by atoms with E-state index in [1.165, 1.54) is 17.4 Å². The van der Waals surface area contributed by atoms with Crippen molar-refractivity contribution in [2.24, 2.45) is 0 Å². The molecule has 1 N–H and O–H groups in total. The maximum Gasteiger partial charge on any atom is 0.227 e. The van der Waals surface area contributed by atoms with Crippen LogP contribution in [0.25, 0.3) is 0 Å². The molecule has 188 valence electrons. The van der Waals surface area contributed by atoms with Gasteiger partial charge in [0.25, 0.3) is 0 Å². The number of carbonyl (C=O) groups excluding carboxylic acids is 1. The second-order valence-corrected chi connectivity index (χ2v) is 9.55. The number of hydrogen-bond donors (Lipinski definition) is 1. The van der Waals surface area contributed by atoms with Gasteiger partial charge >= 0.3 is 0 Å². The predicted octanol–water partition coefficient (Wildman–Crippen LogP) is 3.07. The van der Waals surface area contributed by atoms with Crippen LogP contribution >= 0.6 is 11.8 Å². The van der Waals surface area contributed by atoms with Crippen molar-refractivity contribution in [2.45, 2.75) is 11.6 Å². The van der Waals surface area contributed by atoms with E-state index >= 15 is 0 Å². The molecule has 0 spiro atoms. The minimum Gasteiger partial charge on any atom is -0.378 e. The van der Waals surface area contributed by atoms with Gasteiger partial charge in [-0.1, -0.05) is 17.8 Å². The number of piperazine rings is 1. The molecule has 4 heterocycles. The number of pyridine rings is 1. The van der Waals surface area contributed by atoms with Gasteiger partial charge in [-0.15, -0.1) is 0 Å². The Morgan fingerprint density at radius 1 is 1.00 bits per heavy atom. The van der Waals surface area contributed by atoms with Gasteiger partial charge in [-0.25, -0.2) is 9.97 Å². The Kier molecular flexibility index (Phi) is 7.82. The van der Waals surface area contributed by atoms with E-state index in [1.807, 2.05) is 29.4 Å². The largest absolute Gasteiger partial charge is 0.378 e. The molecule has 1 aromatic carbocycles. The van der Waals surface area contributed by atoms with Crippen LogP contribution in [0, 0.1) is 0 Å². The summed E-state index contributed by atoms with van der Waals surface area (Å²) in [7, 11) is 0. The van der Waals surface area contributed by atoms with Crippen molar-refractivity contribution in [3.8, 4) is 0 Å². The van der Waals surface area contributed by atoms with Crippen LogP contribution in [0.2, 0.25) is 0 Å². The zero-order valence-corrected chi connectivity index (χ0v) is 21.3. The molecule has 9 nitrogen and oxygen atoms in total. The normalized spacial score (nSPS) is 16.2. The quantitative estimate of drug-likeness (QED) is 0.385. The average Bonchev–Trinajstić information content (AvgIpc) is 2.94. The summed E-state index contributed by atoms with van der Waals surface area (Å²) in [5.41, 5.74) is 3.13. The summed E-state index contributed by atoms with van der Waals surface area (Å²) in [6, 6.07) is 14.2. The molecule has 3 aromatic rings. The molecular formula is C26H31N7O2S. The van der Waals surface area contributed by atoms with Crippen molar-refractivity contribution in [1.82, 2.24) is 19.9 Å². The number of hydrogen-bond acceptors (Lipinski definition) is 9. The van der Waals surface area contributed by atoms with E-state index in [1.54, 1.807) is 12.4 Å². The van der Waals surface area contributed by atoms with Crippen molar-refractivity contribution in [1.29, 1.82) is 0 Å². The number of amides is 1. The van der Waals surface area contributed by atoms with Crippen molar-refractivity contribution in [3.05, 3.63) is 60.4 Å². The Morgan fingerprint density at radius 2 is 1.78 bits per heavy atom. The first-order valence-electron chi connectivity index (χ1n) is 12.2. The second-order valence-electron chi connectivity index (χ2n) is 8.78. The van der Waals surface area contributed by atoms with Crippen LogP contribution in [0.3, 0.4) is 0 Å². The minimum absolute atomic E-state index is 0.137. The number of thioether (sulfide) groups is 1. The van der Waals surface area contributed by atoms with E-state index in [2.05, 4.69) is 49.4 Å². The standard InChI is InChI=1S/C26H31N7O2S/c1-36-26-29-23(28-21-4-6-22(7-5-21)31-13-15-35-16-14-31)18-24(30-26)32-9-11-33(12-10-32)25(34)17-20-3-2-8-27-19-20/h2-8,18-19H,9-17H2,1H3,(H,28,29,30). The highest BCUT2D eigenvalue weighted by atomic mass is 32.2. The fraction of sp³-hybridized carbons (Fsp3) is 0.385. The van der Waals surface area contributed by atoms with Gasteiger partial charge < -0.3 is 24.8 Å². The number of aromatic nitrogens is 3. The van der Waals surface area contributed by atoms with Crippen molar-refractivity contribution in [3.63, 3.8) is 0 Å². The van der Waals surface area contributed by atoms with Gasteiger partial charge in [0, 0.05) is 69.1 Å². The summed E-state index contributed by atoms with van der Waals surface area (Å²) < 4.78 is 5.45. The minimum atomic E-state index is 0.137. The maximum absolute atomic E-state index is 12.7. The van der Waals surface area contributed by atoms with Crippen molar-refractivity contribution in [2.75, 3.05) is 73.9 Å². The monoisotopic (exact) mass is 505 g/mol. The lowest BCUT2D eigenvalue weighted by Gasteiger charge is -2.35. The SMILES string of the molecule is CSc1nc(Nc2ccc(N3CCOCC3)cc2)cc(N2CCN(C(=O)Cc3cccnc3)CC2)n1. The van der Waals surface area contributed by atoms with Gasteiger partial charge in [-0.2, -0.15) is 0 Å². The van der Waals surface area contributed by atoms with Gasteiger partial charge in [0.2, 0.25) is 5.91 Å². The van der Waals surface area contributed by atoms with Gasteiger partial charge in [0.05, 0.1) is 19.6 Å². The van der Waals surface area contributed by atoms with E-state index in [0.29, 0.717) is 19.5 Å². The van der Waals surface area contributed by atoms with Crippen LogP contribution in [0.15, 0.2) is 60.0 Å². The lowest BCUT2D eigenvalue weighted by Crippen LogP contribution is -2.49. The average molecular weight is 506 g/mol. The van der Waals surface area contributed by atoms with E-state index < -0.39 is 0 Å². The molecule has 0 saturated carbocycles. The molecule has 2 aliphatic heterocycles. The van der Waals surface area contributed by atoms with Crippen molar-refractivity contribution < 1.29 is 9.53 Å². The van der Waals surface area contributed by atoms with E-state index in [9.17, 15) is 4.79 Å². The molecule has 2 saturated heterocycles. The third kappa shape index (κ3) is 6.06. The Bertz CT molecular complexity index is 1150. The zero-order chi connectivity index (χ0) is 24.7. The summed E-state index contributed by atoms with van der Waals surface area (Å²) in [6.07, 6.45) is 5.84.